The zero-order valence-corrected chi connectivity index (χ0v) is 12.0. The first-order chi connectivity index (χ1) is 7.70. The SMILES string of the molecule is CCC1(C)CN(CCCCCSC)CCN1. The lowest BCUT2D eigenvalue weighted by atomic mass is 9.96. The summed E-state index contributed by atoms with van der Waals surface area (Å²) < 4.78 is 0. The van der Waals surface area contributed by atoms with Crippen molar-refractivity contribution in [3.8, 4) is 0 Å². The molecule has 0 amide bonds. The molecule has 0 saturated carbocycles. The summed E-state index contributed by atoms with van der Waals surface area (Å²) in [7, 11) is 0. The molecular formula is C13H28N2S. The first kappa shape index (κ1) is 14.3. The average molecular weight is 244 g/mol. The Morgan fingerprint density at radius 2 is 2.12 bits per heavy atom. The number of unbranched alkanes of at least 4 members (excludes halogenated alkanes) is 2. The predicted octanol–water partition coefficient (Wildman–Crippen LogP) is 2.59. The van der Waals surface area contributed by atoms with Crippen molar-refractivity contribution in [2.45, 2.75) is 45.1 Å². The first-order valence-corrected chi connectivity index (χ1v) is 8.06. The Balaban J connectivity index is 2.12. The Kier molecular flexibility index (Phi) is 6.78. The third-order valence-corrected chi connectivity index (χ3v) is 4.35. The van der Waals surface area contributed by atoms with E-state index in [4.69, 9.17) is 0 Å². The molecule has 1 rings (SSSR count). The second-order valence-corrected chi connectivity index (χ2v) is 6.16. The molecule has 1 fully saturated rings. The van der Waals surface area contributed by atoms with Crippen molar-refractivity contribution in [2.24, 2.45) is 0 Å². The van der Waals surface area contributed by atoms with Crippen LogP contribution in [0.1, 0.15) is 39.5 Å². The van der Waals surface area contributed by atoms with Gasteiger partial charge in [0.15, 0.2) is 0 Å². The Labute approximate surface area is 106 Å². The van der Waals surface area contributed by atoms with Crippen molar-refractivity contribution in [3.05, 3.63) is 0 Å². The van der Waals surface area contributed by atoms with Crippen LogP contribution in [0.3, 0.4) is 0 Å². The molecular weight excluding hydrogens is 216 g/mol. The Hall–Kier alpha value is 0.270. The maximum Gasteiger partial charge on any atom is 0.0278 e. The van der Waals surface area contributed by atoms with Crippen LogP contribution in [0.15, 0.2) is 0 Å². The summed E-state index contributed by atoms with van der Waals surface area (Å²) in [4.78, 5) is 2.64. The van der Waals surface area contributed by atoms with Crippen molar-refractivity contribution in [3.63, 3.8) is 0 Å². The van der Waals surface area contributed by atoms with E-state index in [1.54, 1.807) is 0 Å². The lowest BCUT2D eigenvalue weighted by Crippen LogP contribution is -2.58. The molecule has 1 heterocycles. The normalized spacial score (nSPS) is 27.2. The van der Waals surface area contributed by atoms with Gasteiger partial charge in [0.05, 0.1) is 0 Å². The van der Waals surface area contributed by atoms with Gasteiger partial charge in [-0.25, -0.2) is 0 Å². The molecule has 96 valence electrons. The van der Waals surface area contributed by atoms with E-state index in [2.05, 4.69) is 30.3 Å². The molecule has 0 bridgehead atoms. The highest BCUT2D eigenvalue weighted by Gasteiger charge is 2.27. The molecule has 1 saturated heterocycles. The molecule has 16 heavy (non-hydrogen) atoms. The number of nitrogens with one attached hydrogen (secondary N) is 1. The van der Waals surface area contributed by atoms with Gasteiger partial charge in [-0.3, -0.25) is 0 Å². The van der Waals surface area contributed by atoms with E-state index in [1.165, 1.54) is 51.1 Å². The topological polar surface area (TPSA) is 15.3 Å². The van der Waals surface area contributed by atoms with Gasteiger partial charge in [-0.15, -0.1) is 0 Å². The molecule has 0 radical (unpaired) electrons. The summed E-state index contributed by atoms with van der Waals surface area (Å²) >= 11 is 1.97. The smallest absolute Gasteiger partial charge is 0.0278 e. The van der Waals surface area contributed by atoms with E-state index in [9.17, 15) is 0 Å². The van der Waals surface area contributed by atoms with Crippen molar-refractivity contribution in [1.29, 1.82) is 0 Å². The van der Waals surface area contributed by atoms with Gasteiger partial charge in [-0.2, -0.15) is 11.8 Å². The lowest BCUT2D eigenvalue weighted by Gasteiger charge is -2.41. The van der Waals surface area contributed by atoms with Gasteiger partial charge in [0.1, 0.15) is 0 Å². The molecule has 0 aromatic carbocycles. The molecule has 1 aliphatic rings. The quantitative estimate of drug-likeness (QED) is 0.693. The minimum atomic E-state index is 0.359. The van der Waals surface area contributed by atoms with Crippen LogP contribution in [0.2, 0.25) is 0 Å². The molecule has 0 spiro atoms. The molecule has 0 aromatic heterocycles. The Bertz CT molecular complexity index is 187. The molecule has 2 nitrogen and oxygen atoms in total. The van der Waals surface area contributed by atoms with Crippen molar-refractivity contribution in [1.82, 2.24) is 10.2 Å². The number of hydrogen-bond donors (Lipinski definition) is 1. The second kappa shape index (κ2) is 7.57. The minimum absolute atomic E-state index is 0.359. The van der Waals surface area contributed by atoms with Crippen LogP contribution < -0.4 is 5.32 Å². The zero-order valence-electron chi connectivity index (χ0n) is 11.2. The second-order valence-electron chi connectivity index (χ2n) is 5.17. The van der Waals surface area contributed by atoms with Gasteiger partial charge >= 0.3 is 0 Å². The number of thioether (sulfide) groups is 1. The van der Waals surface area contributed by atoms with E-state index in [0.29, 0.717) is 5.54 Å². The van der Waals surface area contributed by atoms with Gasteiger partial charge in [-0.05, 0) is 44.7 Å². The number of rotatable bonds is 7. The summed E-state index contributed by atoms with van der Waals surface area (Å²) in [6.07, 6.45) is 7.59. The summed E-state index contributed by atoms with van der Waals surface area (Å²) in [5.74, 6) is 1.33. The van der Waals surface area contributed by atoms with Crippen LogP contribution >= 0.6 is 11.8 Å². The largest absolute Gasteiger partial charge is 0.309 e. The lowest BCUT2D eigenvalue weighted by molar-refractivity contribution is 0.138. The molecule has 1 N–H and O–H groups in total. The third kappa shape index (κ3) is 5.07. The maximum absolute atomic E-state index is 3.64. The fraction of sp³-hybridized carbons (Fsp3) is 1.00. The Morgan fingerprint density at radius 1 is 1.31 bits per heavy atom. The van der Waals surface area contributed by atoms with E-state index in [-0.39, 0.29) is 0 Å². The number of hydrogen-bond acceptors (Lipinski definition) is 3. The highest BCUT2D eigenvalue weighted by Crippen LogP contribution is 2.15. The zero-order chi connectivity index (χ0) is 11.9. The summed E-state index contributed by atoms with van der Waals surface area (Å²) in [6.45, 7) is 9.56. The fourth-order valence-corrected chi connectivity index (χ4v) is 2.82. The van der Waals surface area contributed by atoms with Crippen molar-refractivity contribution in [2.75, 3.05) is 38.2 Å². The maximum atomic E-state index is 3.64. The van der Waals surface area contributed by atoms with Gasteiger partial charge in [-0.1, -0.05) is 13.3 Å². The van der Waals surface area contributed by atoms with Gasteiger partial charge in [0, 0.05) is 25.2 Å². The van der Waals surface area contributed by atoms with Gasteiger partial charge in [0.25, 0.3) is 0 Å². The van der Waals surface area contributed by atoms with E-state index in [0.717, 1.165) is 6.54 Å². The summed E-state index contributed by atoms with van der Waals surface area (Å²) in [5, 5.41) is 3.64. The van der Waals surface area contributed by atoms with E-state index >= 15 is 0 Å². The highest BCUT2D eigenvalue weighted by molar-refractivity contribution is 7.98. The highest BCUT2D eigenvalue weighted by atomic mass is 32.2. The van der Waals surface area contributed by atoms with E-state index in [1.807, 2.05) is 11.8 Å². The Morgan fingerprint density at radius 3 is 2.81 bits per heavy atom. The van der Waals surface area contributed by atoms with Crippen LogP contribution in [0.5, 0.6) is 0 Å². The van der Waals surface area contributed by atoms with Crippen molar-refractivity contribution >= 4 is 11.8 Å². The fourth-order valence-electron chi connectivity index (χ4n) is 2.33. The standard InChI is InChI=1S/C13H28N2S/c1-4-13(2)12-15(10-8-14-13)9-6-5-7-11-16-3/h14H,4-12H2,1-3H3. The van der Waals surface area contributed by atoms with E-state index < -0.39 is 0 Å². The van der Waals surface area contributed by atoms with Gasteiger partial charge < -0.3 is 10.2 Å². The van der Waals surface area contributed by atoms with Crippen LogP contribution in [0.4, 0.5) is 0 Å². The third-order valence-electron chi connectivity index (χ3n) is 3.66. The van der Waals surface area contributed by atoms with Crippen LogP contribution in [-0.2, 0) is 0 Å². The molecule has 0 aromatic rings. The number of piperazine rings is 1. The van der Waals surface area contributed by atoms with Crippen molar-refractivity contribution < 1.29 is 0 Å². The first-order valence-electron chi connectivity index (χ1n) is 6.66. The van der Waals surface area contributed by atoms with Crippen LogP contribution in [0, 0.1) is 0 Å². The summed E-state index contributed by atoms with van der Waals surface area (Å²) in [5.41, 5.74) is 0.359. The predicted molar refractivity (Wildman–Crippen MR) is 75.4 cm³/mol. The molecule has 1 unspecified atom stereocenters. The van der Waals surface area contributed by atoms with Crippen LogP contribution in [0.25, 0.3) is 0 Å². The molecule has 3 heteroatoms. The number of nitrogens with zero attached hydrogens (tertiary/aromatic N) is 1. The van der Waals surface area contributed by atoms with Crippen LogP contribution in [-0.4, -0.2) is 48.6 Å². The molecule has 0 aliphatic carbocycles. The minimum Gasteiger partial charge on any atom is -0.309 e. The summed E-state index contributed by atoms with van der Waals surface area (Å²) in [6, 6.07) is 0. The average Bonchev–Trinajstić information content (AvgIpc) is 2.29. The monoisotopic (exact) mass is 244 g/mol. The molecule has 1 atom stereocenters. The molecule has 1 aliphatic heterocycles. The van der Waals surface area contributed by atoms with Gasteiger partial charge in [0.2, 0.25) is 0 Å².